The Balaban J connectivity index is 2.05. The summed E-state index contributed by atoms with van der Waals surface area (Å²) in [6.45, 7) is 6.27. The van der Waals surface area contributed by atoms with Gasteiger partial charge in [-0.15, -0.1) is 0 Å². The van der Waals surface area contributed by atoms with Crippen LogP contribution in [-0.2, 0) is 0 Å². The van der Waals surface area contributed by atoms with E-state index in [9.17, 15) is 4.79 Å². The first-order valence-corrected chi connectivity index (χ1v) is 8.33. The summed E-state index contributed by atoms with van der Waals surface area (Å²) in [6.07, 6.45) is 1.10. The summed E-state index contributed by atoms with van der Waals surface area (Å²) in [4.78, 5) is 11.1. The molecule has 0 radical (unpaired) electrons. The number of nitrogens with one attached hydrogen (secondary N) is 2. The Labute approximate surface area is 147 Å². The summed E-state index contributed by atoms with van der Waals surface area (Å²) in [6, 6.07) is 13.1. The zero-order valence-corrected chi connectivity index (χ0v) is 14.9. The fourth-order valence-corrected chi connectivity index (χ4v) is 2.53. The molecule has 5 heteroatoms. The average molecular weight is 342 g/mol. The van der Waals surface area contributed by atoms with Crippen molar-refractivity contribution in [1.82, 2.24) is 0 Å². The van der Waals surface area contributed by atoms with Crippen LogP contribution in [0.5, 0.6) is 0 Å². The van der Waals surface area contributed by atoms with E-state index in [1.807, 2.05) is 19.1 Å². The van der Waals surface area contributed by atoms with Crippen molar-refractivity contribution in [1.29, 1.82) is 0 Å². The highest BCUT2D eigenvalue weighted by atomic mass is 32.1. The summed E-state index contributed by atoms with van der Waals surface area (Å²) in [5.74, 6) is -0.428. The maximum absolute atomic E-state index is 11.1. The number of carboxylic acid groups (broad SMARTS) is 1. The van der Waals surface area contributed by atoms with Gasteiger partial charge in [0.15, 0.2) is 5.11 Å². The number of anilines is 2. The van der Waals surface area contributed by atoms with E-state index in [4.69, 9.17) is 17.3 Å². The average Bonchev–Trinajstić information content (AvgIpc) is 2.56. The highest BCUT2D eigenvalue weighted by molar-refractivity contribution is 7.80. The number of carboxylic acids is 1. The Hall–Kier alpha value is -2.40. The number of carbonyl (C=O) groups is 1. The van der Waals surface area contributed by atoms with E-state index in [1.54, 1.807) is 18.2 Å². The van der Waals surface area contributed by atoms with Crippen LogP contribution in [0.15, 0.2) is 42.5 Å². The number of hydrogen-bond donors (Lipinski definition) is 3. The number of aromatic carboxylic acids is 1. The van der Waals surface area contributed by atoms with E-state index in [2.05, 4.69) is 36.6 Å². The van der Waals surface area contributed by atoms with Gasteiger partial charge in [0.05, 0.1) is 5.56 Å². The maximum Gasteiger partial charge on any atom is 0.335 e. The Bertz CT molecular complexity index is 742. The van der Waals surface area contributed by atoms with Gasteiger partial charge in [-0.25, -0.2) is 4.79 Å². The molecule has 0 bridgehead atoms. The van der Waals surface area contributed by atoms with Gasteiger partial charge >= 0.3 is 5.97 Å². The van der Waals surface area contributed by atoms with Crippen LogP contribution in [0, 0.1) is 6.92 Å². The number of benzene rings is 2. The van der Waals surface area contributed by atoms with Crippen molar-refractivity contribution in [3.63, 3.8) is 0 Å². The van der Waals surface area contributed by atoms with Crippen LogP contribution >= 0.6 is 12.2 Å². The Kier molecular flexibility index (Phi) is 5.93. The SMILES string of the molecule is CCC(C)c1ccc(NC(=S)Nc2cc(C(=O)O)ccc2C)cc1. The van der Waals surface area contributed by atoms with E-state index in [0.29, 0.717) is 16.7 Å². The van der Waals surface area contributed by atoms with Gasteiger partial charge in [0, 0.05) is 11.4 Å². The molecule has 0 saturated heterocycles. The normalized spacial score (nSPS) is 11.6. The van der Waals surface area contributed by atoms with E-state index in [0.717, 1.165) is 17.7 Å². The zero-order valence-electron chi connectivity index (χ0n) is 14.1. The molecule has 0 saturated carbocycles. The van der Waals surface area contributed by atoms with Crippen LogP contribution in [0.25, 0.3) is 0 Å². The molecule has 0 aliphatic carbocycles. The van der Waals surface area contributed by atoms with Crippen LogP contribution in [0.2, 0.25) is 0 Å². The summed E-state index contributed by atoms with van der Waals surface area (Å²) >= 11 is 5.32. The lowest BCUT2D eigenvalue weighted by Gasteiger charge is -2.14. The summed E-state index contributed by atoms with van der Waals surface area (Å²) in [7, 11) is 0. The molecule has 2 aromatic rings. The zero-order chi connectivity index (χ0) is 17.7. The third kappa shape index (κ3) is 4.55. The molecule has 1 atom stereocenters. The number of thiocarbonyl (C=S) groups is 1. The second-order valence-corrected chi connectivity index (χ2v) is 6.25. The van der Waals surface area contributed by atoms with E-state index >= 15 is 0 Å². The highest BCUT2D eigenvalue weighted by Gasteiger charge is 2.08. The second-order valence-electron chi connectivity index (χ2n) is 5.85. The van der Waals surface area contributed by atoms with Crippen molar-refractivity contribution in [3.8, 4) is 0 Å². The smallest absolute Gasteiger partial charge is 0.335 e. The molecule has 126 valence electrons. The first kappa shape index (κ1) is 17.9. The van der Waals surface area contributed by atoms with Gasteiger partial charge < -0.3 is 15.7 Å². The number of rotatable bonds is 5. The fourth-order valence-electron chi connectivity index (χ4n) is 2.31. The number of aryl methyl sites for hydroxylation is 1. The predicted molar refractivity (Wildman–Crippen MR) is 103 cm³/mol. The minimum absolute atomic E-state index is 0.226. The summed E-state index contributed by atoms with van der Waals surface area (Å²) in [5.41, 5.74) is 4.03. The molecule has 0 spiro atoms. The minimum atomic E-state index is -0.961. The lowest BCUT2D eigenvalue weighted by atomic mass is 9.99. The molecule has 0 aliphatic rings. The molecule has 24 heavy (non-hydrogen) atoms. The van der Waals surface area contributed by atoms with Gasteiger partial charge in [-0.05, 0) is 66.9 Å². The summed E-state index contributed by atoms with van der Waals surface area (Å²) < 4.78 is 0. The largest absolute Gasteiger partial charge is 0.478 e. The molecule has 0 aromatic heterocycles. The van der Waals surface area contributed by atoms with E-state index in [1.165, 1.54) is 5.56 Å². The maximum atomic E-state index is 11.1. The van der Waals surface area contributed by atoms with Crippen LogP contribution in [0.3, 0.4) is 0 Å². The molecule has 2 aromatic carbocycles. The van der Waals surface area contributed by atoms with Gasteiger partial charge in [0.1, 0.15) is 0 Å². The van der Waals surface area contributed by atoms with Crippen molar-refractivity contribution in [2.75, 3.05) is 10.6 Å². The third-order valence-electron chi connectivity index (χ3n) is 4.08. The molecule has 0 fully saturated rings. The molecule has 0 aliphatic heterocycles. The highest BCUT2D eigenvalue weighted by Crippen LogP contribution is 2.21. The third-order valence-corrected chi connectivity index (χ3v) is 4.29. The van der Waals surface area contributed by atoms with Crippen LogP contribution in [0.4, 0.5) is 11.4 Å². The quantitative estimate of drug-likeness (QED) is 0.666. The van der Waals surface area contributed by atoms with E-state index < -0.39 is 5.97 Å². The summed E-state index contributed by atoms with van der Waals surface area (Å²) in [5, 5.41) is 15.7. The molecule has 3 N–H and O–H groups in total. The van der Waals surface area contributed by atoms with Crippen molar-refractivity contribution in [2.24, 2.45) is 0 Å². The monoisotopic (exact) mass is 342 g/mol. The van der Waals surface area contributed by atoms with Gasteiger partial charge in [0.2, 0.25) is 0 Å². The predicted octanol–water partition coefficient (Wildman–Crippen LogP) is 5.02. The van der Waals surface area contributed by atoms with Crippen LogP contribution in [-0.4, -0.2) is 16.2 Å². The molecular formula is C19H22N2O2S. The van der Waals surface area contributed by atoms with Crippen molar-refractivity contribution < 1.29 is 9.90 Å². The Morgan fingerprint density at radius 3 is 2.42 bits per heavy atom. The molecule has 0 amide bonds. The molecule has 0 heterocycles. The van der Waals surface area contributed by atoms with Gasteiger partial charge in [-0.1, -0.05) is 32.0 Å². The molecule has 1 unspecified atom stereocenters. The fraction of sp³-hybridized carbons (Fsp3) is 0.263. The van der Waals surface area contributed by atoms with Gasteiger partial charge in [0.25, 0.3) is 0 Å². The van der Waals surface area contributed by atoms with E-state index in [-0.39, 0.29) is 5.56 Å². The lowest BCUT2D eigenvalue weighted by Crippen LogP contribution is -2.20. The Morgan fingerprint density at radius 2 is 1.83 bits per heavy atom. The van der Waals surface area contributed by atoms with Crippen molar-refractivity contribution in [2.45, 2.75) is 33.1 Å². The first-order valence-electron chi connectivity index (χ1n) is 7.92. The molecule has 2 rings (SSSR count). The molecule has 4 nitrogen and oxygen atoms in total. The first-order chi connectivity index (χ1) is 11.4. The Morgan fingerprint density at radius 1 is 1.17 bits per heavy atom. The second kappa shape index (κ2) is 7.93. The lowest BCUT2D eigenvalue weighted by molar-refractivity contribution is 0.0697. The number of hydrogen-bond acceptors (Lipinski definition) is 2. The van der Waals surface area contributed by atoms with Crippen LogP contribution < -0.4 is 10.6 Å². The minimum Gasteiger partial charge on any atom is -0.478 e. The van der Waals surface area contributed by atoms with Gasteiger partial charge in [-0.3, -0.25) is 0 Å². The van der Waals surface area contributed by atoms with Crippen molar-refractivity contribution >= 4 is 34.7 Å². The molecular weight excluding hydrogens is 320 g/mol. The topological polar surface area (TPSA) is 61.4 Å². The van der Waals surface area contributed by atoms with Crippen LogP contribution in [0.1, 0.15) is 47.7 Å². The van der Waals surface area contributed by atoms with Gasteiger partial charge in [-0.2, -0.15) is 0 Å². The standard InChI is InChI=1S/C19H22N2O2S/c1-4-12(2)14-7-9-16(10-8-14)20-19(24)21-17-11-15(18(22)23)6-5-13(17)3/h5-12H,4H2,1-3H3,(H,22,23)(H2,20,21,24). The van der Waals surface area contributed by atoms with Crippen molar-refractivity contribution in [3.05, 3.63) is 59.2 Å².